The van der Waals surface area contributed by atoms with Crippen molar-refractivity contribution < 1.29 is 17.9 Å². The van der Waals surface area contributed by atoms with Crippen molar-refractivity contribution in [2.75, 3.05) is 19.7 Å². The Morgan fingerprint density at radius 1 is 1.48 bits per heavy atom. The van der Waals surface area contributed by atoms with Gasteiger partial charge in [-0.15, -0.1) is 0 Å². The van der Waals surface area contributed by atoms with Gasteiger partial charge in [0, 0.05) is 12.6 Å². The number of nitrogens with one attached hydrogen (secondary N) is 2. The average Bonchev–Trinajstić information content (AvgIpc) is 2.91. The molecule has 0 spiro atoms. The fraction of sp³-hybridized carbons (Fsp3) is 0.500. The van der Waals surface area contributed by atoms with Crippen LogP contribution in [0.2, 0.25) is 0 Å². The number of aryl methyl sites for hydroxylation is 1. The molecular formula is C14H20N2O4S. The zero-order chi connectivity index (χ0) is 15.5. The summed E-state index contributed by atoms with van der Waals surface area (Å²) >= 11 is 0. The molecule has 0 aromatic heterocycles. The van der Waals surface area contributed by atoms with E-state index in [0.29, 0.717) is 12.1 Å². The Labute approximate surface area is 124 Å². The van der Waals surface area contributed by atoms with Gasteiger partial charge >= 0.3 is 5.97 Å². The Morgan fingerprint density at radius 2 is 2.24 bits per heavy atom. The summed E-state index contributed by atoms with van der Waals surface area (Å²) < 4.78 is 32.5. The third-order valence-electron chi connectivity index (χ3n) is 3.37. The highest BCUT2D eigenvalue weighted by molar-refractivity contribution is 7.89. The maximum absolute atomic E-state index is 12.5. The summed E-state index contributed by atoms with van der Waals surface area (Å²) in [5, 5.41) is 3.11. The molecule has 1 heterocycles. The van der Waals surface area contributed by atoms with Crippen molar-refractivity contribution in [3.63, 3.8) is 0 Å². The predicted octanol–water partition coefficient (Wildman–Crippen LogP) is 0.812. The van der Waals surface area contributed by atoms with E-state index >= 15 is 0 Å². The van der Waals surface area contributed by atoms with Crippen molar-refractivity contribution >= 4 is 16.0 Å². The third kappa shape index (κ3) is 3.81. The van der Waals surface area contributed by atoms with Gasteiger partial charge in [0.15, 0.2) is 0 Å². The minimum Gasteiger partial charge on any atom is -0.462 e. The quantitative estimate of drug-likeness (QED) is 0.786. The van der Waals surface area contributed by atoms with Crippen LogP contribution >= 0.6 is 0 Å². The van der Waals surface area contributed by atoms with Gasteiger partial charge in [0.2, 0.25) is 10.0 Å². The molecule has 0 bridgehead atoms. The zero-order valence-electron chi connectivity index (χ0n) is 12.2. The average molecular weight is 312 g/mol. The van der Waals surface area contributed by atoms with Gasteiger partial charge in [-0.05, 0) is 44.5 Å². The van der Waals surface area contributed by atoms with Crippen molar-refractivity contribution in [3.05, 3.63) is 29.3 Å². The number of carbonyl (C=O) groups is 1. The Balaban J connectivity index is 2.28. The zero-order valence-corrected chi connectivity index (χ0v) is 13.0. The second-order valence-corrected chi connectivity index (χ2v) is 6.69. The molecule has 1 aromatic rings. The molecule has 0 saturated carbocycles. The van der Waals surface area contributed by atoms with E-state index in [0.717, 1.165) is 13.0 Å². The first-order chi connectivity index (χ1) is 9.94. The van der Waals surface area contributed by atoms with Gasteiger partial charge in [-0.3, -0.25) is 0 Å². The smallest absolute Gasteiger partial charge is 0.338 e. The molecule has 1 fully saturated rings. The van der Waals surface area contributed by atoms with Crippen molar-refractivity contribution in [1.29, 1.82) is 0 Å². The van der Waals surface area contributed by atoms with Gasteiger partial charge in [-0.25, -0.2) is 17.9 Å². The molecular weight excluding hydrogens is 292 g/mol. The lowest BCUT2D eigenvalue weighted by atomic mass is 10.1. The van der Waals surface area contributed by atoms with Crippen LogP contribution in [-0.4, -0.2) is 40.1 Å². The van der Waals surface area contributed by atoms with Crippen LogP contribution in [0.25, 0.3) is 0 Å². The van der Waals surface area contributed by atoms with E-state index in [1.54, 1.807) is 26.0 Å². The Hall–Kier alpha value is -1.44. The van der Waals surface area contributed by atoms with Gasteiger partial charge in [-0.2, -0.15) is 0 Å². The highest BCUT2D eigenvalue weighted by Gasteiger charge is 2.25. The lowest BCUT2D eigenvalue weighted by Crippen LogP contribution is -2.36. The first-order valence-corrected chi connectivity index (χ1v) is 8.43. The number of hydrogen-bond acceptors (Lipinski definition) is 5. The number of hydrogen-bond donors (Lipinski definition) is 2. The second kappa shape index (κ2) is 6.55. The summed E-state index contributed by atoms with van der Waals surface area (Å²) in [6.45, 7) is 5.08. The van der Waals surface area contributed by atoms with Gasteiger partial charge in [-0.1, -0.05) is 6.07 Å². The van der Waals surface area contributed by atoms with Gasteiger partial charge in [0.1, 0.15) is 0 Å². The van der Waals surface area contributed by atoms with Crippen LogP contribution in [0.4, 0.5) is 0 Å². The topological polar surface area (TPSA) is 84.5 Å². The molecule has 116 valence electrons. The fourth-order valence-electron chi connectivity index (χ4n) is 2.27. The molecule has 1 saturated heterocycles. The molecule has 1 aliphatic rings. The number of sulfonamides is 1. The van der Waals surface area contributed by atoms with Crippen LogP contribution in [0.3, 0.4) is 0 Å². The standard InChI is InChI=1S/C14H20N2O4S/c1-3-20-14(17)11-5-4-10(2)13(8-11)21(18,19)16-12-6-7-15-9-12/h4-5,8,12,15-16H,3,6-7,9H2,1-2H3. The minimum absolute atomic E-state index is 0.111. The molecule has 0 amide bonds. The second-order valence-electron chi connectivity index (χ2n) is 5.01. The molecule has 0 aliphatic carbocycles. The molecule has 6 nitrogen and oxygen atoms in total. The molecule has 2 N–H and O–H groups in total. The van der Waals surface area contributed by atoms with Crippen molar-refractivity contribution in [2.45, 2.75) is 31.2 Å². The number of carbonyl (C=O) groups excluding carboxylic acids is 1. The Morgan fingerprint density at radius 3 is 2.86 bits per heavy atom. The summed E-state index contributed by atoms with van der Waals surface area (Å²) in [4.78, 5) is 11.9. The van der Waals surface area contributed by atoms with Crippen LogP contribution in [0.5, 0.6) is 0 Å². The van der Waals surface area contributed by atoms with E-state index in [1.807, 2.05) is 0 Å². The number of rotatable bonds is 5. The molecule has 21 heavy (non-hydrogen) atoms. The van der Waals surface area contributed by atoms with E-state index < -0.39 is 16.0 Å². The summed E-state index contributed by atoms with van der Waals surface area (Å²) in [7, 11) is -3.64. The normalized spacial score (nSPS) is 18.7. The van der Waals surface area contributed by atoms with Crippen molar-refractivity contribution in [3.8, 4) is 0 Å². The first kappa shape index (κ1) is 15.9. The molecule has 7 heteroatoms. The van der Waals surface area contributed by atoms with Gasteiger partial charge in [0.05, 0.1) is 17.1 Å². The maximum Gasteiger partial charge on any atom is 0.338 e. The van der Waals surface area contributed by atoms with Crippen molar-refractivity contribution in [2.24, 2.45) is 0 Å². The monoisotopic (exact) mass is 312 g/mol. The SMILES string of the molecule is CCOC(=O)c1ccc(C)c(S(=O)(=O)NC2CCNC2)c1. The van der Waals surface area contributed by atoms with Gasteiger partial charge in [0.25, 0.3) is 0 Å². The summed E-state index contributed by atoms with van der Waals surface area (Å²) in [5.41, 5.74) is 0.842. The summed E-state index contributed by atoms with van der Waals surface area (Å²) in [5.74, 6) is -0.517. The number of esters is 1. The summed E-state index contributed by atoms with van der Waals surface area (Å²) in [6.07, 6.45) is 0.760. The van der Waals surface area contributed by atoms with Crippen LogP contribution in [0.1, 0.15) is 29.3 Å². The van der Waals surface area contributed by atoms with Crippen LogP contribution in [0, 0.1) is 6.92 Å². The largest absolute Gasteiger partial charge is 0.462 e. The Kier molecular flexibility index (Phi) is 4.97. The molecule has 1 aromatic carbocycles. The maximum atomic E-state index is 12.5. The van der Waals surface area contributed by atoms with E-state index in [1.165, 1.54) is 6.07 Å². The summed E-state index contributed by atoms with van der Waals surface area (Å²) in [6, 6.07) is 4.45. The van der Waals surface area contributed by atoms with Crippen LogP contribution < -0.4 is 10.0 Å². The molecule has 0 radical (unpaired) electrons. The van der Waals surface area contributed by atoms with Crippen LogP contribution in [-0.2, 0) is 14.8 Å². The number of benzene rings is 1. The third-order valence-corrected chi connectivity index (χ3v) is 5.03. The Bertz CT molecular complexity index is 622. The number of ether oxygens (including phenoxy) is 1. The minimum atomic E-state index is -3.64. The van der Waals surface area contributed by atoms with E-state index in [9.17, 15) is 13.2 Å². The molecule has 1 aliphatic heterocycles. The van der Waals surface area contributed by atoms with Crippen LogP contribution in [0.15, 0.2) is 23.1 Å². The first-order valence-electron chi connectivity index (χ1n) is 6.95. The highest BCUT2D eigenvalue weighted by Crippen LogP contribution is 2.18. The molecule has 2 rings (SSSR count). The van der Waals surface area contributed by atoms with E-state index in [2.05, 4.69) is 10.0 Å². The lowest BCUT2D eigenvalue weighted by molar-refractivity contribution is 0.0526. The predicted molar refractivity (Wildman–Crippen MR) is 78.7 cm³/mol. The molecule has 1 unspecified atom stereocenters. The molecule has 1 atom stereocenters. The highest BCUT2D eigenvalue weighted by atomic mass is 32.2. The van der Waals surface area contributed by atoms with E-state index in [4.69, 9.17) is 4.74 Å². The van der Waals surface area contributed by atoms with Crippen molar-refractivity contribution in [1.82, 2.24) is 10.0 Å². The van der Waals surface area contributed by atoms with Gasteiger partial charge < -0.3 is 10.1 Å². The fourth-order valence-corrected chi connectivity index (χ4v) is 3.81. The van der Waals surface area contributed by atoms with E-state index in [-0.39, 0.29) is 23.1 Å². The lowest BCUT2D eigenvalue weighted by Gasteiger charge is -2.14.